The predicted octanol–water partition coefficient (Wildman–Crippen LogP) is 10.2. The molecule has 2 aromatic heterocycles. The topological polar surface area (TPSA) is 91.9 Å². The van der Waals surface area contributed by atoms with Crippen LogP contribution in [0.5, 0.6) is 11.5 Å². The Bertz CT molecular complexity index is 2470. The van der Waals surface area contributed by atoms with Crippen LogP contribution in [-0.4, -0.2) is 49.1 Å². The Labute approximate surface area is 323 Å². The summed E-state index contributed by atoms with van der Waals surface area (Å²) in [4.78, 5) is 12.7. The first-order chi connectivity index (χ1) is 25.7. The summed E-state index contributed by atoms with van der Waals surface area (Å²) in [6, 6.07) is 38.6. The molecule has 0 fully saturated rings. The van der Waals surface area contributed by atoms with Crippen molar-refractivity contribution in [2.75, 3.05) is 14.2 Å². The molecule has 268 valence electrons. The van der Waals surface area contributed by atoms with E-state index in [2.05, 4.69) is 29.3 Å². The SMILES string of the molecule is COc1ccccc1-c1n[nH]c(=S)n1-c1ccc(C)cc1.COc1ccccc1-c1nn(CCC(=O)c2ccc(Cl)cc2)c(=S)n1-c1ccc(C)cc1. The van der Waals surface area contributed by atoms with Crippen LogP contribution in [0.25, 0.3) is 34.2 Å². The van der Waals surface area contributed by atoms with Crippen molar-refractivity contribution in [3.8, 4) is 45.6 Å². The smallest absolute Gasteiger partial charge is 0.202 e. The van der Waals surface area contributed by atoms with Gasteiger partial charge in [-0.25, -0.2) is 4.68 Å². The van der Waals surface area contributed by atoms with Gasteiger partial charge in [0.05, 0.1) is 31.9 Å². The summed E-state index contributed by atoms with van der Waals surface area (Å²) in [5.41, 5.74) is 6.56. The van der Waals surface area contributed by atoms with Gasteiger partial charge in [0.25, 0.3) is 0 Å². The number of methoxy groups -OCH3 is 2. The lowest BCUT2D eigenvalue weighted by Crippen LogP contribution is -2.08. The Hall–Kier alpha value is -5.62. The minimum atomic E-state index is 0.00675. The van der Waals surface area contributed by atoms with Crippen LogP contribution < -0.4 is 9.47 Å². The van der Waals surface area contributed by atoms with Crippen LogP contribution in [0.2, 0.25) is 5.02 Å². The van der Waals surface area contributed by atoms with E-state index in [-0.39, 0.29) is 12.2 Å². The lowest BCUT2D eigenvalue weighted by molar-refractivity contribution is 0.0975. The number of rotatable bonds is 10. The summed E-state index contributed by atoms with van der Waals surface area (Å²) in [5.74, 6) is 2.87. The molecule has 0 radical (unpaired) electrons. The van der Waals surface area contributed by atoms with Crippen molar-refractivity contribution in [1.82, 2.24) is 29.1 Å². The Morgan fingerprint density at radius 2 is 1.21 bits per heavy atom. The van der Waals surface area contributed by atoms with Gasteiger partial charge in [-0.3, -0.25) is 19.0 Å². The summed E-state index contributed by atoms with van der Waals surface area (Å²) >= 11 is 17.1. The number of para-hydroxylation sites is 2. The van der Waals surface area contributed by atoms with E-state index in [0.717, 1.165) is 39.6 Å². The van der Waals surface area contributed by atoms with E-state index in [1.54, 1.807) is 43.2 Å². The highest BCUT2D eigenvalue weighted by atomic mass is 35.5. The fourth-order valence-corrected chi connectivity index (χ4v) is 6.40. The maximum Gasteiger partial charge on any atom is 0.202 e. The molecule has 12 heteroatoms. The number of hydrogen-bond acceptors (Lipinski definition) is 7. The molecule has 53 heavy (non-hydrogen) atoms. The molecule has 0 aliphatic rings. The maximum atomic E-state index is 12.7. The molecule has 7 aromatic rings. The zero-order valence-corrected chi connectivity index (χ0v) is 32.0. The van der Waals surface area contributed by atoms with E-state index in [9.17, 15) is 4.79 Å². The summed E-state index contributed by atoms with van der Waals surface area (Å²) in [6.07, 6.45) is 0.270. The number of nitrogens with one attached hydrogen (secondary N) is 1. The van der Waals surface area contributed by atoms with Gasteiger partial charge in [-0.1, -0.05) is 71.3 Å². The second kappa shape index (κ2) is 16.8. The van der Waals surface area contributed by atoms with E-state index in [4.69, 9.17) is 50.6 Å². The third kappa shape index (κ3) is 8.38. The van der Waals surface area contributed by atoms with Gasteiger partial charge in [-0.05, 0) is 111 Å². The average molecular weight is 761 g/mol. The second-order valence-electron chi connectivity index (χ2n) is 12.1. The molecule has 0 unspecified atom stereocenters. The number of aromatic nitrogens is 6. The monoisotopic (exact) mass is 760 g/mol. The predicted molar refractivity (Wildman–Crippen MR) is 215 cm³/mol. The van der Waals surface area contributed by atoms with Gasteiger partial charge in [-0.2, -0.15) is 10.2 Å². The van der Waals surface area contributed by atoms with Crippen molar-refractivity contribution in [2.24, 2.45) is 0 Å². The van der Waals surface area contributed by atoms with Gasteiger partial charge >= 0.3 is 0 Å². The quantitative estimate of drug-likeness (QED) is 0.110. The number of benzene rings is 5. The molecule has 0 amide bonds. The molecule has 0 saturated carbocycles. The largest absolute Gasteiger partial charge is 0.496 e. The Morgan fingerprint density at radius 1 is 0.698 bits per heavy atom. The lowest BCUT2D eigenvalue weighted by atomic mass is 10.1. The number of H-pyrrole nitrogens is 1. The van der Waals surface area contributed by atoms with Crippen molar-refractivity contribution in [3.05, 3.63) is 153 Å². The van der Waals surface area contributed by atoms with E-state index >= 15 is 0 Å². The summed E-state index contributed by atoms with van der Waals surface area (Å²) in [6.45, 7) is 4.46. The van der Waals surface area contributed by atoms with Crippen LogP contribution in [0.3, 0.4) is 0 Å². The highest BCUT2D eigenvalue weighted by Crippen LogP contribution is 2.32. The first-order valence-electron chi connectivity index (χ1n) is 16.8. The Kier molecular flexibility index (Phi) is 11.8. The third-order valence-corrected chi connectivity index (χ3v) is 9.43. The second-order valence-corrected chi connectivity index (χ2v) is 13.3. The molecule has 7 rings (SSSR count). The molecular weight excluding hydrogens is 724 g/mol. The van der Waals surface area contributed by atoms with Gasteiger partial charge in [-0.15, -0.1) is 0 Å². The maximum absolute atomic E-state index is 12.7. The normalized spacial score (nSPS) is 10.7. The number of nitrogens with zero attached hydrogens (tertiary/aromatic N) is 5. The number of Topliss-reactive ketones (excluding diaryl/α,β-unsaturated/α-hetero) is 1. The average Bonchev–Trinajstić information content (AvgIpc) is 3.73. The summed E-state index contributed by atoms with van der Waals surface area (Å²) in [5, 5.41) is 12.6. The van der Waals surface area contributed by atoms with Crippen molar-refractivity contribution in [2.45, 2.75) is 26.8 Å². The first kappa shape index (κ1) is 37.1. The molecule has 0 saturated heterocycles. The van der Waals surface area contributed by atoms with E-state index in [1.807, 2.05) is 101 Å². The standard InChI is InChI=1S/C25H22ClN3O2S.C16H15N3OS/c1-17-7-13-20(14-8-17)29-24(21-5-3-4-6-23(21)31-2)27-28(25(29)32)16-15-22(30)18-9-11-19(26)12-10-18;1-11-7-9-12(10-8-11)19-15(17-18-16(19)21)13-5-3-4-6-14(13)20-2/h3-14H,15-16H2,1-2H3;3-10H,1-2H3,(H,18,21). The molecule has 0 aliphatic carbocycles. The van der Waals surface area contributed by atoms with Crippen molar-refractivity contribution >= 4 is 41.8 Å². The number of halogens is 1. The zero-order valence-electron chi connectivity index (χ0n) is 29.6. The van der Waals surface area contributed by atoms with Crippen LogP contribution >= 0.6 is 36.0 Å². The highest BCUT2D eigenvalue weighted by molar-refractivity contribution is 7.71. The van der Waals surface area contributed by atoms with Crippen LogP contribution in [-0.2, 0) is 6.54 Å². The minimum absolute atomic E-state index is 0.00675. The molecule has 5 aromatic carbocycles. The lowest BCUT2D eigenvalue weighted by Gasteiger charge is -2.10. The number of aromatic amines is 1. The van der Waals surface area contributed by atoms with E-state index in [1.165, 1.54) is 5.56 Å². The Balaban J connectivity index is 0.000000198. The highest BCUT2D eigenvalue weighted by Gasteiger charge is 2.19. The van der Waals surface area contributed by atoms with Crippen LogP contribution in [0.4, 0.5) is 0 Å². The molecule has 0 bridgehead atoms. The molecule has 1 N–H and O–H groups in total. The summed E-state index contributed by atoms with van der Waals surface area (Å²) in [7, 11) is 3.28. The van der Waals surface area contributed by atoms with Gasteiger partial charge in [0.1, 0.15) is 11.5 Å². The van der Waals surface area contributed by atoms with Gasteiger partial charge in [0.15, 0.2) is 22.2 Å². The first-order valence-corrected chi connectivity index (χ1v) is 17.9. The number of ether oxygens (including phenoxy) is 2. The Morgan fingerprint density at radius 3 is 1.75 bits per heavy atom. The number of aryl methyl sites for hydroxylation is 3. The van der Waals surface area contributed by atoms with Gasteiger partial charge in [0, 0.05) is 28.4 Å². The molecular formula is C41H37ClN6O3S2. The molecule has 0 atom stereocenters. The van der Waals surface area contributed by atoms with Crippen LogP contribution in [0.1, 0.15) is 27.9 Å². The van der Waals surface area contributed by atoms with Gasteiger partial charge in [0.2, 0.25) is 4.77 Å². The van der Waals surface area contributed by atoms with Crippen LogP contribution in [0.15, 0.2) is 121 Å². The van der Waals surface area contributed by atoms with Crippen molar-refractivity contribution < 1.29 is 14.3 Å². The molecule has 0 spiro atoms. The third-order valence-electron chi connectivity index (χ3n) is 8.51. The molecule has 0 aliphatic heterocycles. The van der Waals surface area contributed by atoms with Crippen LogP contribution in [0, 0.1) is 23.4 Å². The zero-order chi connectivity index (χ0) is 37.5. The van der Waals surface area contributed by atoms with Crippen molar-refractivity contribution in [3.63, 3.8) is 0 Å². The minimum Gasteiger partial charge on any atom is -0.496 e. The van der Waals surface area contributed by atoms with Crippen molar-refractivity contribution in [1.29, 1.82) is 0 Å². The number of carbonyl (C=O) groups is 1. The molecule has 2 heterocycles. The van der Waals surface area contributed by atoms with E-state index in [0.29, 0.717) is 38.2 Å². The summed E-state index contributed by atoms with van der Waals surface area (Å²) < 4.78 is 17.6. The van der Waals surface area contributed by atoms with Gasteiger partial charge < -0.3 is 9.47 Å². The fraction of sp³-hybridized carbons (Fsp3) is 0.146. The molecule has 9 nitrogen and oxygen atoms in total. The fourth-order valence-electron chi connectivity index (χ4n) is 5.71. The number of carbonyl (C=O) groups excluding carboxylic acids is 1. The van der Waals surface area contributed by atoms with E-state index < -0.39 is 0 Å². The number of ketones is 1. The number of hydrogen-bond donors (Lipinski definition) is 1.